The molecule has 1 aromatic heterocycles. The van der Waals surface area contributed by atoms with Gasteiger partial charge in [0.05, 0.1) is 11.6 Å². The van der Waals surface area contributed by atoms with E-state index in [1.807, 2.05) is 73.7 Å². The molecule has 11 heteroatoms. The highest BCUT2D eigenvalue weighted by Crippen LogP contribution is 2.28. The summed E-state index contributed by atoms with van der Waals surface area (Å²) in [6, 6.07) is 23.0. The summed E-state index contributed by atoms with van der Waals surface area (Å²) in [6.45, 7) is 3.03. The van der Waals surface area contributed by atoms with Gasteiger partial charge in [-0.25, -0.2) is 9.57 Å². The third kappa shape index (κ3) is 7.43. The Morgan fingerprint density at radius 3 is 2.35 bits per heavy atom. The molecule has 1 unspecified atom stereocenters. The summed E-state index contributed by atoms with van der Waals surface area (Å²) >= 11 is 8.98. The van der Waals surface area contributed by atoms with Gasteiger partial charge in [-0.1, -0.05) is 59.8 Å². The van der Waals surface area contributed by atoms with Crippen molar-refractivity contribution in [1.29, 1.82) is 0 Å². The third-order valence-electron chi connectivity index (χ3n) is 5.39. The number of nitrogens with zero attached hydrogens (tertiary/aromatic N) is 3. The van der Waals surface area contributed by atoms with Crippen LogP contribution in [0.25, 0.3) is 11.0 Å². The molecule has 1 aliphatic heterocycles. The first kappa shape index (κ1) is 27.9. The highest BCUT2D eigenvalue weighted by molar-refractivity contribution is 6.97. The molecule has 0 bridgehead atoms. The number of hydrogen-bond acceptors (Lipinski definition) is 8. The van der Waals surface area contributed by atoms with Gasteiger partial charge in [-0.3, -0.25) is 19.6 Å². The molecule has 0 saturated carbocycles. The molecule has 0 amide bonds. The maximum absolute atomic E-state index is 12.4. The first-order valence-electron chi connectivity index (χ1n) is 11.2. The fraction of sp³-hybridized carbons (Fsp3) is 0.192. The van der Waals surface area contributed by atoms with E-state index in [-0.39, 0.29) is 18.4 Å². The van der Waals surface area contributed by atoms with Gasteiger partial charge in [-0.2, -0.15) is 0 Å². The van der Waals surface area contributed by atoms with Gasteiger partial charge in [-0.15, -0.1) is 5.10 Å². The number of anilines is 1. The van der Waals surface area contributed by atoms with Crippen LogP contribution in [0.1, 0.15) is 34.5 Å². The second-order valence-corrected chi connectivity index (χ2v) is 8.61. The molecule has 1 aliphatic rings. The summed E-state index contributed by atoms with van der Waals surface area (Å²) in [5.74, 6) is 0.0943. The molecule has 192 valence electrons. The fourth-order valence-corrected chi connectivity index (χ4v) is 3.66. The Kier molecular flexibility index (Phi) is 10.3. The average Bonchev–Trinajstić information content (AvgIpc) is 3.57. The van der Waals surface area contributed by atoms with Crippen LogP contribution < -0.4 is 5.32 Å². The predicted octanol–water partition coefficient (Wildman–Crippen LogP) is 4.88. The van der Waals surface area contributed by atoms with E-state index in [9.17, 15) is 14.4 Å². The van der Waals surface area contributed by atoms with Crippen LogP contribution in [0.15, 0.2) is 72.8 Å². The van der Waals surface area contributed by atoms with Crippen molar-refractivity contribution in [2.24, 2.45) is 0 Å². The predicted molar refractivity (Wildman–Crippen MR) is 141 cm³/mol. The van der Waals surface area contributed by atoms with Gasteiger partial charge in [0.1, 0.15) is 12.1 Å². The van der Waals surface area contributed by atoms with E-state index in [0.717, 1.165) is 40.8 Å². The number of carbonyl (C=O) groups excluding carboxylic acids is 3. The number of benzene rings is 3. The van der Waals surface area contributed by atoms with Gasteiger partial charge in [0, 0.05) is 23.4 Å². The quantitative estimate of drug-likeness (QED) is 0.116. The minimum Gasteiger partial charge on any atom is -0.384 e. The van der Waals surface area contributed by atoms with Crippen LogP contribution in [0, 0.1) is 0 Å². The lowest BCUT2D eigenvalue weighted by molar-refractivity contribution is -0.248. The zero-order chi connectivity index (χ0) is 26.8. The number of para-hydroxylation sites is 2. The van der Waals surface area contributed by atoms with Crippen molar-refractivity contribution < 1.29 is 24.5 Å². The maximum atomic E-state index is 12.4. The highest BCUT2D eigenvalue weighted by atomic mass is 35.5. The lowest BCUT2D eigenvalue weighted by atomic mass is 9.99. The molecule has 5 rings (SSSR count). The van der Waals surface area contributed by atoms with Crippen molar-refractivity contribution in [3.63, 3.8) is 0 Å². The molecule has 3 aromatic carbocycles. The van der Waals surface area contributed by atoms with Crippen LogP contribution in [0.5, 0.6) is 0 Å². The van der Waals surface area contributed by atoms with E-state index in [4.69, 9.17) is 5.26 Å². The molecular formula is C26H24Cl2N4O5. The Morgan fingerprint density at radius 2 is 1.68 bits per heavy atom. The fourth-order valence-electron chi connectivity index (χ4n) is 3.66. The summed E-state index contributed by atoms with van der Waals surface area (Å²) in [5, 5.41) is 17.3. The largest absolute Gasteiger partial charge is 0.384 e. The SMILES string of the molecule is CC(COO)n1nnc2ccccc21.O=C(Cl)C(=O)Cl.O=C(c1ccccc1)c1cccc2c1NCC2. The number of aromatic nitrogens is 3. The van der Waals surface area contributed by atoms with Crippen LogP contribution in [-0.2, 0) is 20.9 Å². The molecule has 0 fully saturated rings. The van der Waals surface area contributed by atoms with Gasteiger partial charge in [0.15, 0.2) is 5.78 Å². The number of nitrogens with one attached hydrogen (secondary N) is 1. The van der Waals surface area contributed by atoms with Crippen LogP contribution in [0.2, 0.25) is 0 Å². The number of hydrogen-bond donors (Lipinski definition) is 2. The van der Waals surface area contributed by atoms with Crippen LogP contribution >= 0.6 is 23.2 Å². The van der Waals surface area contributed by atoms with Crippen molar-refractivity contribution in [2.75, 3.05) is 18.5 Å². The smallest absolute Gasteiger partial charge is 0.304 e. The van der Waals surface area contributed by atoms with Crippen molar-refractivity contribution in [3.05, 3.63) is 89.5 Å². The standard InChI is InChI=1S/C15H13NO.C9H11N3O2.C2Cl2O2/c17-15(12-5-2-1-3-6-12)13-8-4-7-11-9-10-16-14(11)13;1-7(6-14-13)12-9-5-3-2-4-8(9)10-11-12;3-1(5)2(4)6/h1-8,16H,9-10H2;2-5,7,13H,6H2,1H3;. The molecule has 0 saturated heterocycles. The first-order chi connectivity index (χ1) is 17.8. The molecule has 4 aromatic rings. The Balaban J connectivity index is 0.000000172. The number of halogens is 2. The maximum Gasteiger partial charge on any atom is 0.304 e. The summed E-state index contributed by atoms with van der Waals surface area (Å²) in [7, 11) is 0. The van der Waals surface area contributed by atoms with Crippen molar-refractivity contribution in [2.45, 2.75) is 19.4 Å². The van der Waals surface area contributed by atoms with E-state index in [1.54, 1.807) is 4.68 Å². The van der Waals surface area contributed by atoms with E-state index >= 15 is 0 Å². The molecule has 9 nitrogen and oxygen atoms in total. The molecule has 0 radical (unpaired) electrons. The van der Waals surface area contributed by atoms with Crippen molar-refractivity contribution in [3.8, 4) is 0 Å². The number of carbonyl (C=O) groups is 3. The minimum atomic E-state index is -1.14. The normalized spacial score (nSPS) is 12.2. The third-order valence-corrected chi connectivity index (χ3v) is 5.83. The van der Waals surface area contributed by atoms with Gasteiger partial charge in [0.2, 0.25) is 0 Å². The number of fused-ring (bicyclic) bond motifs is 2. The monoisotopic (exact) mass is 542 g/mol. The van der Waals surface area contributed by atoms with Gasteiger partial charge in [-0.05, 0) is 60.3 Å². The lowest BCUT2D eigenvalue weighted by Gasteiger charge is -2.09. The van der Waals surface area contributed by atoms with Crippen molar-refractivity contribution >= 4 is 56.2 Å². The van der Waals surface area contributed by atoms with Crippen LogP contribution in [0.3, 0.4) is 0 Å². The lowest BCUT2D eigenvalue weighted by Crippen LogP contribution is -2.12. The Bertz CT molecular complexity index is 1370. The van der Waals surface area contributed by atoms with E-state index in [0.29, 0.717) is 0 Å². The van der Waals surface area contributed by atoms with E-state index in [2.05, 4.69) is 49.8 Å². The molecule has 0 aliphatic carbocycles. The van der Waals surface area contributed by atoms with E-state index < -0.39 is 10.5 Å². The van der Waals surface area contributed by atoms with Gasteiger partial charge < -0.3 is 5.32 Å². The Hall–Kier alpha value is -3.63. The minimum absolute atomic E-state index is 0.0348. The summed E-state index contributed by atoms with van der Waals surface area (Å²) in [5.41, 5.74) is 5.57. The first-order valence-corrected chi connectivity index (χ1v) is 12.0. The molecule has 2 N–H and O–H groups in total. The van der Waals surface area contributed by atoms with Crippen LogP contribution in [-0.4, -0.2) is 49.7 Å². The molecule has 0 spiro atoms. The van der Waals surface area contributed by atoms with Crippen molar-refractivity contribution in [1.82, 2.24) is 15.0 Å². The van der Waals surface area contributed by atoms with Gasteiger partial charge >= 0.3 is 10.5 Å². The second kappa shape index (κ2) is 13.6. The molecule has 37 heavy (non-hydrogen) atoms. The Morgan fingerprint density at radius 1 is 1.00 bits per heavy atom. The topological polar surface area (TPSA) is 123 Å². The Labute approximate surface area is 222 Å². The van der Waals surface area contributed by atoms with Crippen LogP contribution in [0.4, 0.5) is 5.69 Å². The highest BCUT2D eigenvalue weighted by Gasteiger charge is 2.19. The van der Waals surface area contributed by atoms with Gasteiger partial charge in [0.25, 0.3) is 0 Å². The zero-order valence-electron chi connectivity index (χ0n) is 19.8. The number of rotatable bonds is 6. The summed E-state index contributed by atoms with van der Waals surface area (Å²) < 4.78 is 1.73. The average molecular weight is 543 g/mol. The molecule has 1 atom stereocenters. The number of ketones is 1. The molecular weight excluding hydrogens is 519 g/mol. The molecule has 2 heterocycles. The van der Waals surface area contributed by atoms with E-state index in [1.165, 1.54) is 5.56 Å². The summed E-state index contributed by atoms with van der Waals surface area (Å²) in [6.07, 6.45) is 1.01. The summed E-state index contributed by atoms with van der Waals surface area (Å²) in [4.78, 5) is 35.3. The zero-order valence-corrected chi connectivity index (χ0v) is 21.3. The second-order valence-electron chi connectivity index (χ2n) is 7.93.